The number of aryl methyl sites for hydroxylation is 2. The highest BCUT2D eigenvalue weighted by Gasteiger charge is 2.21. The summed E-state index contributed by atoms with van der Waals surface area (Å²) in [6.45, 7) is 7.86. The van der Waals surface area contributed by atoms with E-state index in [0.29, 0.717) is 19.2 Å². The Hall–Kier alpha value is -2.34. The summed E-state index contributed by atoms with van der Waals surface area (Å²) in [6.07, 6.45) is 16.4. The first-order chi connectivity index (χ1) is 17.0. The summed E-state index contributed by atoms with van der Waals surface area (Å²) in [5, 5.41) is 9.15. The van der Waals surface area contributed by atoms with Crippen LogP contribution in [-0.4, -0.2) is 44.1 Å². The number of nitrogens with one attached hydrogen (secondary N) is 3. The van der Waals surface area contributed by atoms with E-state index in [0.717, 1.165) is 43.9 Å². The summed E-state index contributed by atoms with van der Waals surface area (Å²) >= 11 is 0. The number of allylic oxidation sites excluding steroid dienone is 1. The number of rotatable bonds is 16. The molecule has 0 spiro atoms. The first kappa shape index (κ1) is 28.9. The number of unbranched alkanes of at least 4 members (excludes halogenated alkanes) is 1. The molecule has 1 unspecified atom stereocenters. The first-order valence-electron chi connectivity index (χ1n) is 13.7. The van der Waals surface area contributed by atoms with Gasteiger partial charge < -0.3 is 20.7 Å². The monoisotopic (exact) mass is 485 g/mol. The topological polar surface area (TPSA) is 79.5 Å². The van der Waals surface area contributed by atoms with Gasteiger partial charge in [-0.15, -0.1) is 0 Å². The molecule has 0 saturated heterocycles. The van der Waals surface area contributed by atoms with E-state index in [2.05, 4.69) is 60.1 Å². The van der Waals surface area contributed by atoms with E-state index in [1.807, 2.05) is 0 Å². The van der Waals surface area contributed by atoms with Gasteiger partial charge in [-0.25, -0.2) is 0 Å². The van der Waals surface area contributed by atoms with Crippen molar-refractivity contribution in [2.45, 2.75) is 91.0 Å². The molecule has 2 rings (SSSR count). The number of para-hydroxylation sites is 1. The highest BCUT2D eigenvalue weighted by Crippen LogP contribution is 2.28. The predicted molar refractivity (Wildman–Crippen MR) is 144 cm³/mol. The summed E-state index contributed by atoms with van der Waals surface area (Å²) in [5.41, 5.74) is 2.41. The molecule has 35 heavy (non-hydrogen) atoms. The number of benzene rings is 1. The van der Waals surface area contributed by atoms with Gasteiger partial charge in [-0.2, -0.15) is 0 Å². The lowest BCUT2D eigenvalue weighted by molar-refractivity contribution is -0.125. The number of hydrogen-bond acceptors (Lipinski definition) is 4. The average molecular weight is 486 g/mol. The highest BCUT2D eigenvalue weighted by atomic mass is 16.5. The van der Waals surface area contributed by atoms with Crippen LogP contribution in [0.5, 0.6) is 5.75 Å². The number of carbonyl (C=O) groups excluding carboxylic acids is 2. The Labute approximate surface area is 212 Å². The lowest BCUT2D eigenvalue weighted by atomic mass is 9.83. The van der Waals surface area contributed by atoms with Gasteiger partial charge >= 0.3 is 0 Å². The molecule has 1 aliphatic rings. The minimum atomic E-state index is -0.199. The van der Waals surface area contributed by atoms with E-state index in [-0.39, 0.29) is 18.4 Å². The molecule has 0 bridgehead atoms. The van der Waals surface area contributed by atoms with Crippen molar-refractivity contribution in [2.24, 2.45) is 5.92 Å². The highest BCUT2D eigenvalue weighted by molar-refractivity contribution is 5.83. The molecule has 2 amide bonds. The van der Waals surface area contributed by atoms with E-state index < -0.39 is 0 Å². The van der Waals surface area contributed by atoms with E-state index in [4.69, 9.17) is 4.74 Å². The fraction of sp³-hybridized carbons (Fsp3) is 0.655. The van der Waals surface area contributed by atoms with Crippen molar-refractivity contribution in [1.29, 1.82) is 0 Å². The molecular formula is C29H47N3O3. The van der Waals surface area contributed by atoms with Gasteiger partial charge in [0, 0.05) is 26.1 Å². The molecule has 3 N–H and O–H groups in total. The lowest BCUT2D eigenvalue weighted by Gasteiger charge is -2.29. The van der Waals surface area contributed by atoms with Crippen molar-refractivity contribution >= 4 is 11.8 Å². The van der Waals surface area contributed by atoms with Gasteiger partial charge in [0.05, 0.1) is 6.54 Å². The van der Waals surface area contributed by atoms with Crippen LogP contribution in [-0.2, 0) is 22.4 Å². The van der Waals surface area contributed by atoms with Crippen molar-refractivity contribution < 1.29 is 14.3 Å². The van der Waals surface area contributed by atoms with Crippen LogP contribution in [0.1, 0.15) is 83.3 Å². The molecule has 6 heteroatoms. The molecule has 196 valence electrons. The van der Waals surface area contributed by atoms with Crippen molar-refractivity contribution in [3.05, 3.63) is 41.5 Å². The SMILES string of the molecule is CCCC=CC(NCCOc1c(CC)cccc1CCCNC(=O)CNC(C)=O)C1CCCCC1. The minimum Gasteiger partial charge on any atom is -0.492 e. The molecule has 0 heterocycles. The number of amides is 2. The maximum Gasteiger partial charge on any atom is 0.239 e. The van der Waals surface area contributed by atoms with Gasteiger partial charge in [-0.1, -0.05) is 69.9 Å². The molecule has 1 aromatic carbocycles. The van der Waals surface area contributed by atoms with Gasteiger partial charge in [0.1, 0.15) is 12.4 Å². The summed E-state index contributed by atoms with van der Waals surface area (Å²) in [6, 6.07) is 6.79. The van der Waals surface area contributed by atoms with Crippen molar-refractivity contribution in [3.8, 4) is 5.75 Å². The quantitative estimate of drug-likeness (QED) is 0.234. The average Bonchev–Trinajstić information content (AvgIpc) is 2.87. The zero-order valence-electron chi connectivity index (χ0n) is 22.2. The fourth-order valence-electron chi connectivity index (χ4n) is 4.75. The smallest absolute Gasteiger partial charge is 0.239 e. The van der Waals surface area contributed by atoms with Crippen LogP contribution in [0.4, 0.5) is 0 Å². The Morgan fingerprint density at radius 2 is 1.86 bits per heavy atom. The van der Waals surface area contributed by atoms with Crippen LogP contribution >= 0.6 is 0 Å². The first-order valence-corrected chi connectivity index (χ1v) is 13.7. The molecule has 0 radical (unpaired) electrons. The second-order valence-electron chi connectivity index (χ2n) is 9.57. The van der Waals surface area contributed by atoms with Crippen LogP contribution in [0.15, 0.2) is 30.4 Å². The van der Waals surface area contributed by atoms with Gasteiger partial charge in [0.25, 0.3) is 0 Å². The maximum absolute atomic E-state index is 11.8. The van der Waals surface area contributed by atoms with E-state index >= 15 is 0 Å². The second kappa shape index (κ2) is 17.1. The van der Waals surface area contributed by atoms with Crippen LogP contribution in [0.3, 0.4) is 0 Å². The second-order valence-corrected chi connectivity index (χ2v) is 9.57. The Balaban J connectivity index is 1.85. The Bertz CT molecular complexity index is 787. The number of hydrogen-bond donors (Lipinski definition) is 3. The zero-order valence-corrected chi connectivity index (χ0v) is 22.2. The van der Waals surface area contributed by atoms with Crippen molar-refractivity contribution in [3.63, 3.8) is 0 Å². The van der Waals surface area contributed by atoms with E-state index in [1.165, 1.54) is 56.6 Å². The van der Waals surface area contributed by atoms with Gasteiger partial charge in [0.15, 0.2) is 0 Å². The molecule has 0 aliphatic heterocycles. The molecule has 1 atom stereocenters. The van der Waals surface area contributed by atoms with Gasteiger partial charge in [0.2, 0.25) is 11.8 Å². The molecule has 1 saturated carbocycles. The summed E-state index contributed by atoms with van der Waals surface area (Å²) in [4.78, 5) is 22.7. The lowest BCUT2D eigenvalue weighted by Crippen LogP contribution is -2.38. The fourth-order valence-corrected chi connectivity index (χ4v) is 4.75. The molecular weight excluding hydrogens is 438 g/mol. The minimum absolute atomic E-state index is 0.0253. The summed E-state index contributed by atoms with van der Waals surface area (Å²) in [7, 11) is 0. The summed E-state index contributed by atoms with van der Waals surface area (Å²) in [5.74, 6) is 1.37. The molecule has 1 aromatic rings. The Morgan fingerprint density at radius 3 is 2.57 bits per heavy atom. The normalized spacial score (nSPS) is 15.2. The van der Waals surface area contributed by atoms with E-state index in [9.17, 15) is 9.59 Å². The third kappa shape index (κ3) is 11.3. The molecule has 0 aromatic heterocycles. The Morgan fingerprint density at radius 1 is 1.09 bits per heavy atom. The number of carbonyl (C=O) groups is 2. The van der Waals surface area contributed by atoms with Crippen LogP contribution in [0, 0.1) is 5.92 Å². The number of ether oxygens (including phenoxy) is 1. The van der Waals surface area contributed by atoms with Crippen LogP contribution in [0.25, 0.3) is 0 Å². The van der Waals surface area contributed by atoms with Crippen LogP contribution < -0.4 is 20.7 Å². The maximum atomic E-state index is 11.8. The van der Waals surface area contributed by atoms with Crippen LogP contribution in [0.2, 0.25) is 0 Å². The zero-order chi connectivity index (χ0) is 25.3. The third-order valence-corrected chi connectivity index (χ3v) is 6.69. The largest absolute Gasteiger partial charge is 0.492 e. The summed E-state index contributed by atoms with van der Waals surface area (Å²) < 4.78 is 6.34. The predicted octanol–water partition coefficient (Wildman–Crippen LogP) is 4.71. The molecule has 6 nitrogen and oxygen atoms in total. The molecule has 1 fully saturated rings. The van der Waals surface area contributed by atoms with Gasteiger partial charge in [-0.3, -0.25) is 9.59 Å². The standard InChI is InChI=1S/C29H47N3O3/c1-4-6-8-18-27(25-13-9-7-10-14-25)30-20-21-35-29-24(5-2)15-11-16-26(29)17-12-19-31-28(34)22-32-23(3)33/h8,11,15-16,18,25,27,30H,4-7,9-10,12-14,17,19-22H2,1-3H3,(H,31,34)(H,32,33). The van der Waals surface area contributed by atoms with Gasteiger partial charge in [-0.05, 0) is 55.6 Å². The van der Waals surface area contributed by atoms with Crippen molar-refractivity contribution in [1.82, 2.24) is 16.0 Å². The van der Waals surface area contributed by atoms with Crippen molar-refractivity contribution in [2.75, 3.05) is 26.2 Å². The third-order valence-electron chi connectivity index (χ3n) is 6.69. The molecule has 1 aliphatic carbocycles. The Kier molecular flexibility index (Phi) is 14.2. The van der Waals surface area contributed by atoms with E-state index in [1.54, 1.807) is 0 Å².